The van der Waals surface area contributed by atoms with Crippen LogP contribution in [0.15, 0.2) is 60.7 Å². The van der Waals surface area contributed by atoms with E-state index in [1.807, 2.05) is 43.4 Å². The van der Waals surface area contributed by atoms with Crippen molar-refractivity contribution in [3.63, 3.8) is 0 Å². The maximum atomic E-state index is 6.19. The number of nitrogens with one attached hydrogen (secondary N) is 1. The fraction of sp³-hybridized carbons (Fsp3) is 0.333. The second-order valence-corrected chi connectivity index (χ2v) is 5.76. The molecule has 3 heteroatoms. The number of hydrogen-bond donors (Lipinski definition) is 1. The van der Waals surface area contributed by atoms with Crippen LogP contribution in [0, 0.1) is 18.3 Å². The van der Waals surface area contributed by atoms with E-state index < -0.39 is 5.60 Å². The van der Waals surface area contributed by atoms with Gasteiger partial charge < -0.3 is 10.1 Å². The third-order valence-electron chi connectivity index (χ3n) is 4.68. The smallest absolute Gasteiger partial charge is 0.122 e. The molecule has 0 bridgehead atoms. The lowest BCUT2D eigenvalue weighted by atomic mass is 9.73. The van der Waals surface area contributed by atoms with E-state index in [2.05, 4.69) is 42.4 Å². The summed E-state index contributed by atoms with van der Waals surface area (Å²) in [5, 5.41) is 3.36. The van der Waals surface area contributed by atoms with Crippen LogP contribution in [0.1, 0.15) is 24.5 Å². The minimum absolute atomic E-state index is 0. The molecule has 0 aromatic heterocycles. The monoisotopic (exact) mass is 343 g/mol. The molecule has 0 aliphatic heterocycles. The molecular formula is C21H26ClNO. The Hall–Kier alpha value is -1.79. The van der Waals surface area contributed by atoms with E-state index in [1.165, 1.54) is 0 Å². The SMILES string of the molecule is C#CCC(NC)C(C)C(OC)(c1ccccc1)c1ccccc1.Cl. The summed E-state index contributed by atoms with van der Waals surface area (Å²) in [6.07, 6.45) is 6.23. The number of terminal acetylenes is 1. The maximum absolute atomic E-state index is 6.19. The van der Waals surface area contributed by atoms with E-state index in [0.29, 0.717) is 6.42 Å². The van der Waals surface area contributed by atoms with Crippen LogP contribution >= 0.6 is 12.4 Å². The first-order chi connectivity index (χ1) is 11.2. The Balaban J connectivity index is 0.00000288. The molecule has 24 heavy (non-hydrogen) atoms. The largest absolute Gasteiger partial charge is 0.368 e. The fourth-order valence-corrected chi connectivity index (χ4v) is 3.42. The predicted octanol–water partition coefficient (Wildman–Crippen LogP) is 4.25. The number of ether oxygens (including phenoxy) is 1. The van der Waals surface area contributed by atoms with Crippen molar-refractivity contribution < 1.29 is 4.74 Å². The molecule has 2 atom stereocenters. The number of methoxy groups -OCH3 is 1. The van der Waals surface area contributed by atoms with Gasteiger partial charge in [0, 0.05) is 25.5 Å². The van der Waals surface area contributed by atoms with E-state index in [1.54, 1.807) is 7.11 Å². The molecule has 0 saturated heterocycles. The molecule has 2 aromatic carbocycles. The Morgan fingerprint density at radius 1 is 1.04 bits per heavy atom. The van der Waals surface area contributed by atoms with Crippen molar-refractivity contribution in [1.82, 2.24) is 5.32 Å². The van der Waals surface area contributed by atoms with Gasteiger partial charge in [0.05, 0.1) is 0 Å². The van der Waals surface area contributed by atoms with Gasteiger partial charge in [0.25, 0.3) is 0 Å². The van der Waals surface area contributed by atoms with E-state index in [9.17, 15) is 0 Å². The summed E-state index contributed by atoms with van der Waals surface area (Å²) in [5.41, 5.74) is 1.73. The Bertz CT molecular complexity index is 596. The number of benzene rings is 2. The summed E-state index contributed by atoms with van der Waals surface area (Å²) in [4.78, 5) is 0. The second kappa shape index (κ2) is 9.49. The quantitative estimate of drug-likeness (QED) is 0.759. The van der Waals surface area contributed by atoms with Crippen LogP contribution in [0.2, 0.25) is 0 Å². The maximum Gasteiger partial charge on any atom is 0.122 e. The molecule has 0 aliphatic rings. The lowest BCUT2D eigenvalue weighted by Crippen LogP contribution is -2.47. The topological polar surface area (TPSA) is 21.3 Å². The summed E-state index contributed by atoms with van der Waals surface area (Å²) in [6.45, 7) is 2.20. The second-order valence-electron chi connectivity index (χ2n) is 5.76. The molecule has 0 heterocycles. The van der Waals surface area contributed by atoms with E-state index in [0.717, 1.165) is 11.1 Å². The lowest BCUT2D eigenvalue weighted by molar-refractivity contribution is -0.0348. The Labute approximate surface area is 152 Å². The first kappa shape index (κ1) is 20.3. The van der Waals surface area contributed by atoms with E-state index in [4.69, 9.17) is 11.2 Å². The third-order valence-corrected chi connectivity index (χ3v) is 4.68. The van der Waals surface area contributed by atoms with Gasteiger partial charge in [0.2, 0.25) is 0 Å². The molecule has 2 unspecified atom stereocenters. The van der Waals surface area contributed by atoms with Crippen LogP contribution in [0.4, 0.5) is 0 Å². The zero-order chi connectivity index (χ0) is 16.7. The average Bonchev–Trinajstić information content (AvgIpc) is 2.62. The van der Waals surface area contributed by atoms with Gasteiger partial charge in [-0.1, -0.05) is 67.6 Å². The molecular weight excluding hydrogens is 318 g/mol. The highest BCUT2D eigenvalue weighted by Gasteiger charge is 2.43. The van der Waals surface area contributed by atoms with Crippen LogP contribution in [-0.2, 0) is 10.3 Å². The fourth-order valence-electron chi connectivity index (χ4n) is 3.42. The molecule has 0 radical (unpaired) electrons. The molecule has 0 spiro atoms. The molecule has 0 aliphatic carbocycles. The van der Waals surface area contributed by atoms with E-state index in [-0.39, 0.29) is 24.4 Å². The Morgan fingerprint density at radius 3 is 1.83 bits per heavy atom. The first-order valence-electron chi connectivity index (χ1n) is 7.97. The van der Waals surface area contributed by atoms with Crippen molar-refractivity contribution in [3.8, 4) is 12.3 Å². The van der Waals surface area contributed by atoms with Crippen molar-refractivity contribution in [1.29, 1.82) is 0 Å². The highest BCUT2D eigenvalue weighted by molar-refractivity contribution is 5.85. The molecule has 0 amide bonds. The minimum atomic E-state index is -0.549. The van der Waals surface area contributed by atoms with Gasteiger partial charge in [-0.3, -0.25) is 0 Å². The van der Waals surface area contributed by atoms with E-state index >= 15 is 0 Å². The standard InChI is InChI=1S/C21H25NO.ClH/c1-5-12-20(22-3)17(2)21(23-4,18-13-8-6-9-14-18)19-15-10-7-11-16-19;/h1,6-11,13-17,20,22H,12H2,2-4H3;1H. The van der Waals surface area contributed by atoms with Crippen LogP contribution in [0.5, 0.6) is 0 Å². The number of rotatable bonds is 7. The van der Waals surface area contributed by atoms with Crippen molar-refractivity contribution in [2.24, 2.45) is 5.92 Å². The zero-order valence-electron chi connectivity index (χ0n) is 14.5. The summed E-state index contributed by atoms with van der Waals surface area (Å²) in [7, 11) is 3.73. The van der Waals surface area contributed by atoms with Crippen LogP contribution in [0.3, 0.4) is 0 Å². The third kappa shape index (κ3) is 3.82. The van der Waals surface area contributed by atoms with Gasteiger partial charge in [-0.15, -0.1) is 24.8 Å². The predicted molar refractivity (Wildman–Crippen MR) is 103 cm³/mol. The average molecular weight is 344 g/mol. The summed E-state index contributed by atoms with van der Waals surface area (Å²) in [5.74, 6) is 2.93. The number of hydrogen-bond acceptors (Lipinski definition) is 2. The minimum Gasteiger partial charge on any atom is -0.368 e. The van der Waals surface area contributed by atoms with Crippen molar-refractivity contribution in [3.05, 3.63) is 71.8 Å². The van der Waals surface area contributed by atoms with Crippen molar-refractivity contribution in [2.75, 3.05) is 14.2 Å². The van der Waals surface area contributed by atoms with Gasteiger partial charge in [-0.25, -0.2) is 0 Å². The Kier molecular flexibility index (Phi) is 8.01. The van der Waals surface area contributed by atoms with Gasteiger partial charge in [-0.05, 0) is 18.2 Å². The molecule has 2 rings (SSSR count). The molecule has 128 valence electrons. The highest BCUT2D eigenvalue weighted by atomic mass is 35.5. The van der Waals surface area contributed by atoms with Gasteiger partial charge in [-0.2, -0.15) is 0 Å². The summed E-state index contributed by atoms with van der Waals surface area (Å²) in [6, 6.07) is 20.9. The zero-order valence-corrected chi connectivity index (χ0v) is 15.3. The molecule has 0 fully saturated rings. The van der Waals surface area contributed by atoms with Crippen LogP contribution in [0.25, 0.3) is 0 Å². The van der Waals surface area contributed by atoms with Crippen LogP contribution in [-0.4, -0.2) is 20.2 Å². The normalized spacial score (nSPS) is 13.4. The molecule has 2 aromatic rings. The van der Waals surface area contributed by atoms with Gasteiger partial charge >= 0.3 is 0 Å². The first-order valence-corrected chi connectivity index (χ1v) is 7.97. The molecule has 2 nitrogen and oxygen atoms in total. The summed E-state index contributed by atoms with van der Waals surface area (Å²) < 4.78 is 6.19. The molecule has 0 saturated carbocycles. The number of halogens is 1. The lowest BCUT2D eigenvalue weighted by Gasteiger charge is -2.42. The Morgan fingerprint density at radius 2 is 1.50 bits per heavy atom. The van der Waals surface area contributed by atoms with Gasteiger partial charge in [0.1, 0.15) is 5.60 Å². The molecule has 1 N–H and O–H groups in total. The summed E-state index contributed by atoms with van der Waals surface area (Å²) >= 11 is 0. The van der Waals surface area contributed by atoms with Gasteiger partial charge in [0.15, 0.2) is 0 Å². The van der Waals surface area contributed by atoms with Crippen LogP contribution < -0.4 is 5.32 Å². The highest BCUT2D eigenvalue weighted by Crippen LogP contribution is 2.42. The van der Waals surface area contributed by atoms with Crippen molar-refractivity contribution >= 4 is 12.4 Å². The van der Waals surface area contributed by atoms with Crippen molar-refractivity contribution in [2.45, 2.75) is 25.0 Å².